The molecule has 0 aromatic rings. The second-order valence-corrected chi connectivity index (χ2v) is 25.3. The quantitative estimate of drug-likeness (QED) is 0.0190. The first-order valence-electron chi connectivity index (χ1n) is 32.2. The summed E-state index contributed by atoms with van der Waals surface area (Å²) in [6.07, 6.45) is 3.09. The first kappa shape index (κ1) is 78.9. The fourth-order valence-electron chi connectivity index (χ4n) is 13.0. The van der Waals surface area contributed by atoms with Crippen LogP contribution in [0, 0.1) is 57.2 Å². The molecule has 0 spiro atoms. The van der Waals surface area contributed by atoms with E-state index in [1.807, 2.05) is 20.8 Å². The molecule has 0 aliphatic heterocycles. The number of alkyl halides is 4. The molecule has 11 unspecified atom stereocenters. The third kappa shape index (κ3) is 24.0. The molecule has 516 valence electrons. The summed E-state index contributed by atoms with van der Waals surface area (Å²) in [5.74, 6) is -12.4. The van der Waals surface area contributed by atoms with E-state index in [-0.39, 0.29) is 76.4 Å². The van der Waals surface area contributed by atoms with Crippen molar-refractivity contribution in [2.45, 2.75) is 215 Å². The van der Waals surface area contributed by atoms with Crippen LogP contribution >= 0.6 is 11.6 Å². The first-order chi connectivity index (χ1) is 42.5. The first-order valence-corrected chi connectivity index (χ1v) is 32.7. The van der Waals surface area contributed by atoms with Gasteiger partial charge < -0.3 is 57.6 Å². The highest BCUT2D eigenvalue weighted by Crippen LogP contribution is 2.54. The third-order valence-corrected chi connectivity index (χ3v) is 18.7. The molecule has 11 atom stereocenters. The Morgan fingerprint density at radius 3 is 1.66 bits per heavy atom. The number of esters is 8. The minimum atomic E-state index is -5.08. The van der Waals surface area contributed by atoms with Gasteiger partial charge in [0.1, 0.15) is 58.3 Å². The molecular weight excluding hydrogens is 1210 g/mol. The highest BCUT2D eigenvalue weighted by Gasteiger charge is 2.64. The monoisotopic (exact) mass is 1310 g/mol. The van der Waals surface area contributed by atoms with Gasteiger partial charge in [0.05, 0.1) is 53.1 Å². The van der Waals surface area contributed by atoms with E-state index in [2.05, 4.69) is 4.74 Å². The molecule has 4 fully saturated rings. The van der Waals surface area contributed by atoms with Crippen LogP contribution in [0.15, 0.2) is 0 Å². The van der Waals surface area contributed by atoms with Crippen molar-refractivity contribution >= 4 is 71.3 Å². The summed E-state index contributed by atoms with van der Waals surface area (Å²) in [7, 11) is 0. The number of halogens is 4. The third-order valence-electron chi connectivity index (χ3n) is 18.1. The lowest BCUT2D eigenvalue weighted by atomic mass is 9.66. The van der Waals surface area contributed by atoms with Crippen LogP contribution in [0.2, 0.25) is 0 Å². The van der Waals surface area contributed by atoms with E-state index in [0.29, 0.717) is 57.7 Å². The molecule has 4 saturated carbocycles. The Morgan fingerprint density at radius 1 is 0.567 bits per heavy atom. The van der Waals surface area contributed by atoms with Gasteiger partial charge in [-0.1, -0.05) is 53.4 Å². The summed E-state index contributed by atoms with van der Waals surface area (Å²) in [4.78, 5) is 126. The molecule has 0 radical (unpaired) electrons. The van der Waals surface area contributed by atoms with Crippen molar-refractivity contribution < 1.29 is 119 Å². The van der Waals surface area contributed by atoms with Crippen molar-refractivity contribution in [1.29, 1.82) is 0 Å². The molecular formula is C64H100ClF3O22. The van der Waals surface area contributed by atoms with Crippen LogP contribution in [0.25, 0.3) is 0 Å². The molecule has 0 aromatic heterocycles. The minimum Gasteiger partial charge on any atom is -0.481 e. The number of hydrogen-bond acceptors (Lipinski definition) is 20. The van der Waals surface area contributed by atoms with Crippen LogP contribution in [0.1, 0.15) is 197 Å². The van der Waals surface area contributed by atoms with E-state index < -0.39 is 150 Å². The Hall–Kier alpha value is -5.30. The van der Waals surface area contributed by atoms with E-state index in [4.69, 9.17) is 59.3 Å². The van der Waals surface area contributed by atoms with E-state index in [1.165, 1.54) is 20.8 Å². The maximum absolute atomic E-state index is 14.8. The van der Waals surface area contributed by atoms with E-state index >= 15 is 0 Å². The summed E-state index contributed by atoms with van der Waals surface area (Å²) >= 11 is 6.36. The Kier molecular flexibility index (Phi) is 33.9. The summed E-state index contributed by atoms with van der Waals surface area (Å²) < 4.78 is 97.8. The number of aliphatic carboxylic acids is 2. The highest BCUT2D eigenvalue weighted by atomic mass is 35.5. The van der Waals surface area contributed by atoms with Gasteiger partial charge in [-0.3, -0.25) is 47.9 Å². The smallest absolute Gasteiger partial charge is 0.404 e. The van der Waals surface area contributed by atoms with Crippen LogP contribution in [0.5, 0.6) is 0 Å². The number of hydrogen-bond donors (Lipinski definition) is 2. The lowest BCUT2D eigenvalue weighted by molar-refractivity contribution is -0.248. The van der Waals surface area contributed by atoms with Gasteiger partial charge in [-0.2, -0.15) is 13.2 Å². The van der Waals surface area contributed by atoms with Gasteiger partial charge in [-0.25, -0.2) is 0 Å². The number of carboxylic acid groups (broad SMARTS) is 2. The summed E-state index contributed by atoms with van der Waals surface area (Å²) in [6, 6.07) is 0. The van der Waals surface area contributed by atoms with Crippen molar-refractivity contribution in [3.63, 3.8) is 0 Å². The van der Waals surface area contributed by atoms with Gasteiger partial charge in [0.15, 0.2) is 5.41 Å². The van der Waals surface area contributed by atoms with Crippen molar-refractivity contribution in [1.82, 2.24) is 0 Å². The lowest BCUT2D eigenvalue weighted by Crippen LogP contribution is -2.52. The number of carboxylic acids is 2. The van der Waals surface area contributed by atoms with Crippen LogP contribution in [0.3, 0.4) is 0 Å². The van der Waals surface area contributed by atoms with Crippen molar-refractivity contribution in [2.75, 3.05) is 71.9 Å². The standard InChI is InChI=1S/C35H57ClO11.C29H43F3O11/c1-5-17-35(6-2,33(42)47-26-13-9-8-10-14-26)23-25(30(39)44-19-18-43-7-3)22-34(4,24-36)32(41)46-21-20-45-31(40)28-16-12-11-15-27(28)29(37)38;1-5-28(29(30,31)32,26(38)43-21-14-19-7-8-20(21)13-19)17-27(4,25(37)42-10-9-39-6-2)16-18(3)24(36)41-12-11-40-23(35)15-22(33)34/h25-28H,5-24H2,1-4H3,(H,37,38);18-21H,5-17H2,1-4H3,(H,33,34). The summed E-state index contributed by atoms with van der Waals surface area (Å²) in [6.45, 7) is 12.2. The van der Waals surface area contributed by atoms with Gasteiger partial charge in [-0.05, 0) is 149 Å². The maximum atomic E-state index is 14.8. The van der Waals surface area contributed by atoms with E-state index in [1.54, 1.807) is 13.8 Å². The van der Waals surface area contributed by atoms with Crippen LogP contribution < -0.4 is 0 Å². The van der Waals surface area contributed by atoms with Gasteiger partial charge in [-0.15, -0.1) is 11.6 Å². The molecule has 0 heterocycles. The fourth-order valence-corrected chi connectivity index (χ4v) is 13.2. The molecule has 4 aliphatic rings. The van der Waals surface area contributed by atoms with Gasteiger partial charge >= 0.3 is 65.9 Å². The van der Waals surface area contributed by atoms with Gasteiger partial charge in [0, 0.05) is 19.1 Å². The maximum Gasteiger partial charge on any atom is 0.404 e. The molecule has 4 aliphatic carbocycles. The Bertz CT molecular complexity index is 2330. The van der Waals surface area contributed by atoms with Crippen molar-refractivity contribution in [2.24, 2.45) is 57.2 Å². The molecule has 26 heteroatoms. The molecule has 2 bridgehead atoms. The fraction of sp³-hybridized carbons (Fsp3) is 0.844. The van der Waals surface area contributed by atoms with Crippen LogP contribution in [-0.4, -0.2) is 160 Å². The largest absolute Gasteiger partial charge is 0.481 e. The van der Waals surface area contributed by atoms with Crippen LogP contribution in [-0.2, 0) is 95.3 Å². The summed E-state index contributed by atoms with van der Waals surface area (Å²) in [5.41, 5.74) is -7.29. The normalized spacial score (nSPS) is 22.4. The van der Waals surface area contributed by atoms with Gasteiger partial charge in [0.25, 0.3) is 0 Å². The molecule has 0 amide bonds. The highest BCUT2D eigenvalue weighted by molar-refractivity contribution is 6.19. The zero-order valence-electron chi connectivity index (χ0n) is 54.0. The van der Waals surface area contributed by atoms with E-state index in [0.717, 1.165) is 64.2 Å². The Labute approximate surface area is 532 Å². The predicted molar refractivity (Wildman–Crippen MR) is 317 cm³/mol. The molecule has 0 saturated heterocycles. The number of carbonyl (C=O) groups excluding carboxylic acids is 8. The molecule has 4 rings (SSSR count). The molecule has 2 N–H and O–H groups in total. The van der Waals surface area contributed by atoms with E-state index in [9.17, 15) is 66.2 Å². The lowest BCUT2D eigenvalue weighted by Gasteiger charge is -2.41. The zero-order valence-corrected chi connectivity index (χ0v) is 54.8. The zero-order chi connectivity index (χ0) is 67.3. The second-order valence-electron chi connectivity index (χ2n) is 25.0. The topological polar surface area (TPSA) is 303 Å². The number of ether oxygens (including phenoxy) is 10. The molecule has 0 aromatic carbocycles. The Balaban J connectivity index is 0.000000472. The molecule has 90 heavy (non-hydrogen) atoms. The van der Waals surface area contributed by atoms with Crippen molar-refractivity contribution in [3.8, 4) is 0 Å². The SMILES string of the molecule is CCCC(CC)(CC(CC(C)(CCl)C(=O)OCCOC(=O)C1CCCCC1C(=O)O)C(=O)OCCOCC)C(=O)OC1CCCCC1.CCOCCOC(=O)C(C)(CC(C)C(=O)OCCOC(=O)CC(=O)O)CC(CC)(C(=O)OC1CC2CCC1C2)C(F)(F)F. The van der Waals surface area contributed by atoms with Gasteiger partial charge in [0.2, 0.25) is 0 Å². The minimum absolute atomic E-state index is 0.000974. The number of rotatable bonds is 39. The predicted octanol–water partition coefficient (Wildman–Crippen LogP) is 10.5. The number of fused-ring (bicyclic) bond motifs is 2. The Morgan fingerprint density at radius 2 is 1.12 bits per heavy atom. The second kappa shape index (κ2) is 38.7. The summed E-state index contributed by atoms with van der Waals surface area (Å²) in [5, 5.41) is 18.1. The average molecular weight is 1310 g/mol. The van der Waals surface area contributed by atoms with Crippen LogP contribution in [0.4, 0.5) is 13.2 Å². The van der Waals surface area contributed by atoms with Crippen molar-refractivity contribution in [3.05, 3.63) is 0 Å². The number of carbonyl (C=O) groups is 10. The average Bonchev–Trinajstić information content (AvgIpc) is 1.17. The molecule has 22 nitrogen and oxygen atoms in total.